The highest BCUT2D eigenvalue weighted by Crippen LogP contribution is 2.11. The van der Waals surface area contributed by atoms with Crippen molar-refractivity contribution in [3.63, 3.8) is 0 Å². The van der Waals surface area contributed by atoms with Gasteiger partial charge in [0.05, 0.1) is 6.54 Å². The second-order valence-electron chi connectivity index (χ2n) is 5.76. The van der Waals surface area contributed by atoms with Gasteiger partial charge in [-0.2, -0.15) is 0 Å². The van der Waals surface area contributed by atoms with Gasteiger partial charge in [0.15, 0.2) is 0 Å². The molecule has 0 spiro atoms. The third-order valence-corrected chi connectivity index (χ3v) is 3.62. The van der Waals surface area contributed by atoms with E-state index in [0.29, 0.717) is 18.6 Å². The van der Waals surface area contributed by atoms with Gasteiger partial charge in [-0.25, -0.2) is 0 Å². The molecule has 1 aromatic rings. The number of amides is 1. The molecule has 0 saturated carbocycles. The monoisotopic (exact) mass is 311 g/mol. The van der Waals surface area contributed by atoms with Gasteiger partial charge in [-0.15, -0.1) is 12.4 Å². The Balaban J connectivity index is 0.00000220. The van der Waals surface area contributed by atoms with Crippen molar-refractivity contribution in [3.05, 3.63) is 29.8 Å². The molecule has 1 aromatic carbocycles. The van der Waals surface area contributed by atoms with E-state index in [1.165, 1.54) is 5.56 Å². The number of aryl methyl sites for hydroxylation is 1. The van der Waals surface area contributed by atoms with Crippen molar-refractivity contribution in [2.75, 3.05) is 25.0 Å². The predicted molar refractivity (Wildman–Crippen MR) is 90.2 cm³/mol. The molecule has 2 rings (SSSR count). The molecule has 5 heteroatoms. The number of carbonyl (C=O) groups excluding carboxylic acids is 1. The molecule has 1 aliphatic rings. The number of hydrogen-bond acceptors (Lipinski definition) is 3. The highest BCUT2D eigenvalue weighted by Gasteiger charge is 2.22. The second-order valence-corrected chi connectivity index (χ2v) is 5.76. The standard InChI is InChI=1S/C16H25N3O.ClH/c1-4-14-6-5-7-15(8-14)18-16(20)11-19-9-12(2)17-13(3)10-19;/h5-8,12-13,17H,4,9-11H2,1-3H3,(H,18,20);1H. The first-order chi connectivity index (χ1) is 9.56. The molecule has 2 atom stereocenters. The van der Waals surface area contributed by atoms with Crippen molar-refractivity contribution in [1.29, 1.82) is 0 Å². The number of piperazine rings is 1. The molecule has 1 aliphatic heterocycles. The zero-order chi connectivity index (χ0) is 14.5. The number of benzene rings is 1. The highest BCUT2D eigenvalue weighted by molar-refractivity contribution is 5.92. The fourth-order valence-electron chi connectivity index (χ4n) is 2.84. The Kier molecular flexibility index (Phi) is 7.15. The van der Waals surface area contributed by atoms with Crippen molar-refractivity contribution in [3.8, 4) is 0 Å². The summed E-state index contributed by atoms with van der Waals surface area (Å²) in [4.78, 5) is 14.3. The molecule has 2 N–H and O–H groups in total. The molecule has 1 heterocycles. The van der Waals surface area contributed by atoms with E-state index in [0.717, 1.165) is 25.2 Å². The molecule has 21 heavy (non-hydrogen) atoms. The Hall–Kier alpha value is -1.10. The molecule has 2 unspecified atom stereocenters. The molecule has 1 saturated heterocycles. The van der Waals surface area contributed by atoms with Gasteiger partial charge in [-0.3, -0.25) is 9.69 Å². The van der Waals surface area contributed by atoms with Gasteiger partial charge in [0.1, 0.15) is 0 Å². The average molecular weight is 312 g/mol. The number of rotatable bonds is 4. The van der Waals surface area contributed by atoms with Crippen LogP contribution in [0.3, 0.4) is 0 Å². The minimum absolute atomic E-state index is 0. The quantitative estimate of drug-likeness (QED) is 0.897. The number of anilines is 1. The van der Waals surface area contributed by atoms with Crippen LogP contribution in [0.1, 0.15) is 26.3 Å². The summed E-state index contributed by atoms with van der Waals surface area (Å²) in [5, 5.41) is 6.47. The first-order valence-electron chi connectivity index (χ1n) is 7.44. The average Bonchev–Trinajstić information content (AvgIpc) is 2.37. The van der Waals surface area contributed by atoms with E-state index >= 15 is 0 Å². The largest absolute Gasteiger partial charge is 0.325 e. The predicted octanol–water partition coefficient (Wildman–Crippen LogP) is 2.29. The third kappa shape index (κ3) is 5.65. The molecule has 0 bridgehead atoms. The summed E-state index contributed by atoms with van der Waals surface area (Å²) in [5.74, 6) is 0.0690. The van der Waals surface area contributed by atoms with Crippen LogP contribution in [0, 0.1) is 0 Å². The van der Waals surface area contributed by atoms with Crippen LogP contribution in [-0.4, -0.2) is 42.5 Å². The fraction of sp³-hybridized carbons (Fsp3) is 0.562. The minimum Gasteiger partial charge on any atom is -0.325 e. The lowest BCUT2D eigenvalue weighted by Gasteiger charge is -2.35. The van der Waals surface area contributed by atoms with Crippen LogP contribution in [-0.2, 0) is 11.2 Å². The maximum atomic E-state index is 12.1. The molecular formula is C16H26ClN3O. The third-order valence-electron chi connectivity index (χ3n) is 3.62. The van der Waals surface area contributed by atoms with E-state index in [1.807, 2.05) is 18.2 Å². The Morgan fingerprint density at radius 2 is 2.00 bits per heavy atom. The SMILES string of the molecule is CCc1cccc(NC(=O)CN2CC(C)NC(C)C2)c1.Cl. The van der Waals surface area contributed by atoms with Gasteiger partial charge in [0.2, 0.25) is 5.91 Å². The molecule has 0 aromatic heterocycles. The van der Waals surface area contributed by atoms with E-state index in [2.05, 4.69) is 42.4 Å². The maximum absolute atomic E-state index is 12.1. The Morgan fingerprint density at radius 1 is 1.33 bits per heavy atom. The Bertz CT molecular complexity index is 457. The van der Waals surface area contributed by atoms with Crippen LogP contribution < -0.4 is 10.6 Å². The summed E-state index contributed by atoms with van der Waals surface area (Å²) < 4.78 is 0. The first-order valence-corrected chi connectivity index (χ1v) is 7.44. The first kappa shape index (κ1) is 18.0. The maximum Gasteiger partial charge on any atom is 0.238 e. The summed E-state index contributed by atoms with van der Waals surface area (Å²) in [6.45, 7) is 8.74. The Labute approximate surface area is 133 Å². The smallest absolute Gasteiger partial charge is 0.238 e. The van der Waals surface area contributed by atoms with Crippen LogP contribution in [0.5, 0.6) is 0 Å². The van der Waals surface area contributed by atoms with Gasteiger partial charge in [0, 0.05) is 30.9 Å². The van der Waals surface area contributed by atoms with E-state index in [-0.39, 0.29) is 18.3 Å². The molecule has 118 valence electrons. The van der Waals surface area contributed by atoms with Crippen molar-refractivity contribution < 1.29 is 4.79 Å². The lowest BCUT2D eigenvalue weighted by atomic mass is 10.1. The normalized spacial score (nSPS) is 22.4. The lowest BCUT2D eigenvalue weighted by molar-refractivity contribution is -0.117. The number of nitrogens with one attached hydrogen (secondary N) is 2. The van der Waals surface area contributed by atoms with Crippen LogP contribution in [0.2, 0.25) is 0 Å². The van der Waals surface area contributed by atoms with Crippen LogP contribution in [0.25, 0.3) is 0 Å². The fourth-order valence-corrected chi connectivity index (χ4v) is 2.84. The van der Waals surface area contributed by atoms with Gasteiger partial charge in [0.25, 0.3) is 0 Å². The van der Waals surface area contributed by atoms with Gasteiger partial charge < -0.3 is 10.6 Å². The summed E-state index contributed by atoms with van der Waals surface area (Å²) in [7, 11) is 0. The molecule has 0 radical (unpaired) electrons. The van der Waals surface area contributed by atoms with E-state index in [4.69, 9.17) is 0 Å². The molecule has 0 aliphatic carbocycles. The zero-order valence-electron chi connectivity index (χ0n) is 13.1. The minimum atomic E-state index is 0. The van der Waals surface area contributed by atoms with Crippen LogP contribution in [0.4, 0.5) is 5.69 Å². The van der Waals surface area contributed by atoms with Gasteiger partial charge >= 0.3 is 0 Å². The summed E-state index contributed by atoms with van der Waals surface area (Å²) in [6, 6.07) is 8.93. The van der Waals surface area contributed by atoms with E-state index < -0.39 is 0 Å². The number of halogens is 1. The van der Waals surface area contributed by atoms with Crippen molar-refractivity contribution in [2.24, 2.45) is 0 Å². The number of hydrogen-bond donors (Lipinski definition) is 2. The second kappa shape index (κ2) is 8.37. The van der Waals surface area contributed by atoms with Crippen LogP contribution in [0.15, 0.2) is 24.3 Å². The molecule has 4 nitrogen and oxygen atoms in total. The zero-order valence-corrected chi connectivity index (χ0v) is 13.9. The Morgan fingerprint density at radius 3 is 2.62 bits per heavy atom. The van der Waals surface area contributed by atoms with Crippen molar-refractivity contribution >= 4 is 24.0 Å². The van der Waals surface area contributed by atoms with E-state index in [1.54, 1.807) is 0 Å². The van der Waals surface area contributed by atoms with Crippen molar-refractivity contribution in [1.82, 2.24) is 10.2 Å². The highest BCUT2D eigenvalue weighted by atomic mass is 35.5. The summed E-state index contributed by atoms with van der Waals surface area (Å²) in [6.07, 6.45) is 0.983. The molecule has 1 fully saturated rings. The number of nitrogens with zero attached hydrogens (tertiary/aromatic N) is 1. The number of carbonyl (C=O) groups is 1. The summed E-state index contributed by atoms with van der Waals surface area (Å²) >= 11 is 0. The van der Waals surface area contributed by atoms with Gasteiger partial charge in [-0.1, -0.05) is 19.1 Å². The van der Waals surface area contributed by atoms with Gasteiger partial charge in [-0.05, 0) is 38.0 Å². The van der Waals surface area contributed by atoms with Crippen molar-refractivity contribution in [2.45, 2.75) is 39.3 Å². The van der Waals surface area contributed by atoms with E-state index in [9.17, 15) is 4.79 Å². The van der Waals surface area contributed by atoms with Crippen LogP contribution >= 0.6 is 12.4 Å². The molecular weight excluding hydrogens is 286 g/mol. The lowest BCUT2D eigenvalue weighted by Crippen LogP contribution is -2.55. The molecule has 1 amide bonds. The topological polar surface area (TPSA) is 44.4 Å². The summed E-state index contributed by atoms with van der Waals surface area (Å²) in [5.41, 5.74) is 2.14.